The Kier molecular flexibility index (Phi) is 5.18. The minimum atomic E-state index is -0.650. The van der Waals surface area contributed by atoms with Crippen LogP contribution in [0.5, 0.6) is 11.5 Å². The van der Waals surface area contributed by atoms with Crippen molar-refractivity contribution in [2.75, 3.05) is 18.7 Å². The lowest BCUT2D eigenvalue weighted by Gasteiger charge is -2.06. The molecule has 0 saturated carbocycles. The molecule has 0 radical (unpaired) electrons. The summed E-state index contributed by atoms with van der Waals surface area (Å²) in [6.07, 6.45) is 0. The van der Waals surface area contributed by atoms with Crippen molar-refractivity contribution >= 4 is 33.9 Å². The summed E-state index contributed by atoms with van der Waals surface area (Å²) in [6.45, 7) is 3.82. The van der Waals surface area contributed by atoms with Crippen LogP contribution in [0.4, 0.5) is 10.8 Å². The van der Waals surface area contributed by atoms with Crippen molar-refractivity contribution in [3.8, 4) is 11.5 Å². The summed E-state index contributed by atoms with van der Waals surface area (Å²) < 4.78 is 15.6. The molecule has 2 heterocycles. The van der Waals surface area contributed by atoms with Crippen molar-refractivity contribution < 1.29 is 23.8 Å². The lowest BCUT2D eigenvalue weighted by molar-refractivity contribution is 0.0470. The van der Waals surface area contributed by atoms with E-state index in [1.165, 1.54) is 16.9 Å². The van der Waals surface area contributed by atoms with Gasteiger partial charge in [-0.15, -0.1) is 11.3 Å². The Morgan fingerprint density at radius 1 is 1.10 bits per heavy atom. The fourth-order valence-electron chi connectivity index (χ4n) is 2.73. The summed E-state index contributed by atoms with van der Waals surface area (Å²) in [5.74, 6) is 0.109. The summed E-state index contributed by atoms with van der Waals surface area (Å²) in [6, 6.07) is 10.8. The Morgan fingerprint density at radius 2 is 1.93 bits per heavy atom. The van der Waals surface area contributed by atoms with Crippen molar-refractivity contribution in [3.63, 3.8) is 0 Å². The van der Waals surface area contributed by atoms with Crippen molar-refractivity contribution in [3.05, 3.63) is 64.2 Å². The van der Waals surface area contributed by atoms with E-state index in [9.17, 15) is 9.59 Å². The molecule has 1 aliphatic rings. The highest BCUT2D eigenvalue weighted by Gasteiger charge is 2.18. The number of aromatic nitrogens is 1. The summed E-state index contributed by atoms with van der Waals surface area (Å²) >= 11 is 1.29. The van der Waals surface area contributed by atoms with Crippen LogP contribution < -0.4 is 14.8 Å². The number of fused-ring (bicyclic) bond motifs is 1. The summed E-state index contributed by atoms with van der Waals surface area (Å²) in [7, 11) is 0. The SMILES string of the molecule is Cc1ccc(Nc2nc(C(=O)OCC(=O)c3ccc4c(c3)OCO4)cs2)cc1C. The van der Waals surface area contributed by atoms with Gasteiger partial charge in [-0.2, -0.15) is 0 Å². The second-order valence-electron chi connectivity index (χ2n) is 6.53. The maximum atomic E-state index is 12.3. The summed E-state index contributed by atoms with van der Waals surface area (Å²) in [5.41, 5.74) is 3.79. The van der Waals surface area contributed by atoms with Crippen LogP contribution in [0.2, 0.25) is 0 Å². The number of carbonyl (C=O) groups is 2. The number of carbonyl (C=O) groups excluding carboxylic acids is 2. The molecule has 0 unspecified atom stereocenters. The quantitative estimate of drug-likeness (QED) is 0.480. The van der Waals surface area contributed by atoms with Gasteiger partial charge in [-0.3, -0.25) is 4.79 Å². The van der Waals surface area contributed by atoms with E-state index in [2.05, 4.69) is 10.3 Å². The van der Waals surface area contributed by atoms with E-state index in [-0.39, 0.29) is 24.9 Å². The van der Waals surface area contributed by atoms with Gasteiger partial charge in [0.2, 0.25) is 6.79 Å². The Morgan fingerprint density at radius 3 is 2.76 bits per heavy atom. The number of ether oxygens (including phenoxy) is 3. The number of nitrogens with one attached hydrogen (secondary N) is 1. The fraction of sp³-hybridized carbons (Fsp3) is 0.190. The highest BCUT2D eigenvalue weighted by molar-refractivity contribution is 7.14. The van der Waals surface area contributed by atoms with Crippen molar-refractivity contribution in [1.29, 1.82) is 0 Å². The van der Waals surface area contributed by atoms with Crippen LogP contribution in [0.3, 0.4) is 0 Å². The minimum absolute atomic E-state index is 0.129. The van der Waals surface area contributed by atoms with Crippen LogP contribution in [0.25, 0.3) is 0 Å². The lowest BCUT2D eigenvalue weighted by atomic mass is 10.1. The maximum absolute atomic E-state index is 12.3. The molecule has 3 aromatic rings. The van der Waals surface area contributed by atoms with Gasteiger partial charge in [0.25, 0.3) is 0 Å². The van der Waals surface area contributed by atoms with Gasteiger partial charge in [-0.05, 0) is 55.3 Å². The molecule has 29 heavy (non-hydrogen) atoms. The van der Waals surface area contributed by atoms with E-state index in [0.717, 1.165) is 11.3 Å². The monoisotopic (exact) mass is 410 g/mol. The van der Waals surface area contributed by atoms with E-state index < -0.39 is 5.97 Å². The number of hydrogen-bond acceptors (Lipinski definition) is 8. The highest BCUT2D eigenvalue weighted by atomic mass is 32.1. The van der Waals surface area contributed by atoms with Crippen LogP contribution in [0.15, 0.2) is 41.8 Å². The van der Waals surface area contributed by atoms with Gasteiger partial charge in [0.15, 0.2) is 34.7 Å². The molecule has 4 rings (SSSR count). The van der Waals surface area contributed by atoms with Crippen LogP contribution in [0.1, 0.15) is 32.0 Å². The number of hydrogen-bond donors (Lipinski definition) is 1. The van der Waals surface area contributed by atoms with Gasteiger partial charge in [0, 0.05) is 16.6 Å². The van der Waals surface area contributed by atoms with Gasteiger partial charge in [-0.25, -0.2) is 9.78 Å². The van der Waals surface area contributed by atoms with Crippen LogP contribution in [-0.4, -0.2) is 30.1 Å². The van der Waals surface area contributed by atoms with Crippen molar-refractivity contribution in [2.24, 2.45) is 0 Å². The average Bonchev–Trinajstić information content (AvgIpc) is 3.37. The standard InChI is InChI=1S/C21H18N2O5S/c1-12-3-5-15(7-13(12)2)22-21-23-16(10-29-21)20(25)26-9-17(24)14-4-6-18-19(8-14)28-11-27-18/h3-8,10H,9,11H2,1-2H3,(H,22,23). The first-order valence-corrected chi connectivity index (χ1v) is 9.77. The third kappa shape index (κ3) is 4.22. The zero-order chi connectivity index (χ0) is 20.4. The average molecular weight is 410 g/mol. The second-order valence-corrected chi connectivity index (χ2v) is 7.39. The summed E-state index contributed by atoms with van der Waals surface area (Å²) in [5, 5.41) is 5.33. The molecule has 0 spiro atoms. The molecule has 0 saturated heterocycles. The van der Waals surface area contributed by atoms with E-state index in [4.69, 9.17) is 14.2 Å². The third-order valence-electron chi connectivity index (χ3n) is 4.50. The predicted octanol–water partition coefficient (Wildman–Crippen LogP) is 4.27. The van der Waals surface area contributed by atoms with Gasteiger partial charge in [-0.1, -0.05) is 6.07 Å². The number of rotatable bonds is 6. The van der Waals surface area contributed by atoms with E-state index in [1.54, 1.807) is 23.6 Å². The van der Waals surface area contributed by atoms with Crippen LogP contribution in [-0.2, 0) is 4.74 Å². The minimum Gasteiger partial charge on any atom is -0.454 e. The molecule has 0 atom stereocenters. The number of anilines is 2. The topological polar surface area (TPSA) is 86.8 Å². The molecule has 0 fully saturated rings. The number of benzene rings is 2. The number of thiazole rings is 1. The molecular weight excluding hydrogens is 392 g/mol. The number of Topliss-reactive ketones (excluding diaryl/α,β-unsaturated/α-hetero) is 1. The highest BCUT2D eigenvalue weighted by Crippen LogP contribution is 2.32. The van der Waals surface area contributed by atoms with Gasteiger partial charge in [0.05, 0.1) is 0 Å². The number of aryl methyl sites for hydroxylation is 2. The molecule has 0 amide bonds. The first-order valence-electron chi connectivity index (χ1n) is 8.89. The van der Waals surface area contributed by atoms with Crippen molar-refractivity contribution in [1.82, 2.24) is 4.98 Å². The largest absolute Gasteiger partial charge is 0.454 e. The summed E-state index contributed by atoms with van der Waals surface area (Å²) in [4.78, 5) is 28.8. The molecule has 2 aromatic carbocycles. The molecule has 8 heteroatoms. The van der Waals surface area contributed by atoms with Gasteiger partial charge >= 0.3 is 5.97 Å². The van der Waals surface area contributed by atoms with Crippen LogP contribution in [0, 0.1) is 13.8 Å². The Labute approximate surface area is 171 Å². The van der Waals surface area contributed by atoms with E-state index >= 15 is 0 Å². The molecule has 148 valence electrons. The Bertz CT molecular complexity index is 1090. The predicted molar refractivity (Wildman–Crippen MR) is 108 cm³/mol. The van der Waals surface area contributed by atoms with Gasteiger partial charge in [0.1, 0.15) is 0 Å². The van der Waals surface area contributed by atoms with Crippen molar-refractivity contribution in [2.45, 2.75) is 13.8 Å². The lowest BCUT2D eigenvalue weighted by Crippen LogP contribution is -2.14. The Balaban J connectivity index is 1.35. The smallest absolute Gasteiger partial charge is 0.358 e. The van der Waals surface area contributed by atoms with Crippen LogP contribution >= 0.6 is 11.3 Å². The van der Waals surface area contributed by atoms with E-state index in [1.807, 2.05) is 32.0 Å². The molecule has 0 bridgehead atoms. The molecule has 1 aliphatic heterocycles. The normalized spacial score (nSPS) is 11.9. The number of esters is 1. The first kappa shape index (κ1) is 18.9. The zero-order valence-electron chi connectivity index (χ0n) is 15.9. The molecule has 0 aliphatic carbocycles. The number of nitrogens with zero attached hydrogens (tertiary/aromatic N) is 1. The molecule has 1 N–H and O–H groups in total. The molecule has 1 aromatic heterocycles. The number of ketones is 1. The zero-order valence-corrected chi connectivity index (χ0v) is 16.7. The molecular formula is C21H18N2O5S. The Hall–Kier alpha value is -3.39. The first-order chi connectivity index (χ1) is 14.0. The fourth-order valence-corrected chi connectivity index (χ4v) is 3.43. The molecule has 7 nitrogen and oxygen atoms in total. The second kappa shape index (κ2) is 7.92. The van der Waals surface area contributed by atoms with E-state index in [0.29, 0.717) is 22.2 Å². The maximum Gasteiger partial charge on any atom is 0.358 e. The third-order valence-corrected chi connectivity index (χ3v) is 5.26. The van der Waals surface area contributed by atoms with Gasteiger partial charge < -0.3 is 19.5 Å².